The fourth-order valence-corrected chi connectivity index (χ4v) is 1.96. The van der Waals surface area contributed by atoms with E-state index < -0.39 is 12.1 Å². The summed E-state index contributed by atoms with van der Waals surface area (Å²) in [7, 11) is 1.46. The lowest BCUT2D eigenvalue weighted by atomic mass is 10.2. The molecule has 0 radical (unpaired) electrons. The van der Waals surface area contributed by atoms with Crippen molar-refractivity contribution in [3.8, 4) is 0 Å². The zero-order valence-corrected chi connectivity index (χ0v) is 11.1. The van der Waals surface area contributed by atoms with Gasteiger partial charge in [-0.1, -0.05) is 18.2 Å². The number of fused-ring (bicyclic) bond motifs is 1. The second kappa shape index (κ2) is 6.21. The minimum atomic E-state index is -0.925. The number of nitrogens with one attached hydrogen (secondary N) is 2. The first-order valence-electron chi connectivity index (χ1n) is 6.20. The number of aromatic nitrogens is 1. The van der Waals surface area contributed by atoms with Gasteiger partial charge in [0.05, 0.1) is 12.5 Å². The lowest BCUT2D eigenvalue weighted by molar-refractivity contribution is -0.139. The largest absolute Gasteiger partial charge is 0.481 e. The molecule has 0 fully saturated rings. The predicted molar refractivity (Wildman–Crippen MR) is 76.1 cm³/mol. The van der Waals surface area contributed by atoms with Gasteiger partial charge in [-0.3, -0.25) is 9.59 Å². The first kappa shape index (κ1) is 14.1. The Morgan fingerprint density at radius 1 is 1.45 bits per heavy atom. The first-order valence-corrected chi connectivity index (χ1v) is 6.20. The van der Waals surface area contributed by atoms with Crippen molar-refractivity contribution in [3.63, 3.8) is 0 Å². The van der Waals surface area contributed by atoms with Crippen molar-refractivity contribution in [1.82, 2.24) is 4.98 Å². The standard InChI is InChI=1S/C14H16N2O4/c1-20-10(7-13(17)18)8-15-12-6-9-4-2-3-5-11(9)14(19)16-12/h2-6,10H,7-8H2,1H3,(H,17,18)(H2,15,16,19). The van der Waals surface area contributed by atoms with Crippen LogP contribution in [0.5, 0.6) is 0 Å². The van der Waals surface area contributed by atoms with E-state index in [0.29, 0.717) is 17.7 Å². The van der Waals surface area contributed by atoms with Crippen molar-refractivity contribution < 1.29 is 14.6 Å². The second-order valence-corrected chi connectivity index (χ2v) is 4.44. The molecular formula is C14H16N2O4. The number of carbonyl (C=O) groups is 1. The smallest absolute Gasteiger partial charge is 0.306 e. The zero-order chi connectivity index (χ0) is 14.5. The minimum absolute atomic E-state index is 0.0959. The Labute approximate surface area is 115 Å². The fraction of sp³-hybridized carbons (Fsp3) is 0.286. The molecule has 3 N–H and O–H groups in total. The number of benzene rings is 1. The molecule has 0 bridgehead atoms. The predicted octanol–water partition coefficient (Wildman–Crippen LogP) is 1.43. The molecular weight excluding hydrogens is 260 g/mol. The van der Waals surface area contributed by atoms with E-state index in [1.807, 2.05) is 18.2 Å². The van der Waals surface area contributed by atoms with Crippen LogP contribution in [0.4, 0.5) is 5.82 Å². The van der Waals surface area contributed by atoms with Gasteiger partial charge in [0.2, 0.25) is 0 Å². The summed E-state index contributed by atoms with van der Waals surface area (Å²) in [5, 5.41) is 13.2. The molecule has 0 amide bonds. The fourth-order valence-electron chi connectivity index (χ4n) is 1.96. The van der Waals surface area contributed by atoms with Gasteiger partial charge in [-0.25, -0.2) is 0 Å². The van der Waals surface area contributed by atoms with Crippen LogP contribution in [0, 0.1) is 0 Å². The monoisotopic (exact) mass is 276 g/mol. The number of ether oxygens (including phenoxy) is 1. The van der Waals surface area contributed by atoms with Crippen LogP contribution in [0.25, 0.3) is 10.8 Å². The third-order valence-corrected chi connectivity index (χ3v) is 3.01. The summed E-state index contributed by atoms with van der Waals surface area (Å²) in [6.45, 7) is 0.303. The Morgan fingerprint density at radius 2 is 2.20 bits per heavy atom. The Kier molecular flexibility index (Phi) is 4.37. The van der Waals surface area contributed by atoms with Crippen molar-refractivity contribution in [2.75, 3.05) is 19.0 Å². The SMILES string of the molecule is COC(CNc1cc2ccccc2c(=O)[nH]1)CC(=O)O. The average molecular weight is 276 g/mol. The van der Waals surface area contributed by atoms with Gasteiger partial charge in [0.25, 0.3) is 5.56 Å². The number of rotatable bonds is 6. The second-order valence-electron chi connectivity index (χ2n) is 4.44. The molecule has 2 aromatic rings. The Hall–Kier alpha value is -2.34. The Morgan fingerprint density at radius 3 is 2.90 bits per heavy atom. The topological polar surface area (TPSA) is 91.4 Å². The Balaban J connectivity index is 2.14. The zero-order valence-electron chi connectivity index (χ0n) is 11.1. The molecule has 0 aliphatic rings. The van der Waals surface area contributed by atoms with Crippen LogP contribution in [0.3, 0.4) is 0 Å². The van der Waals surface area contributed by atoms with E-state index in [9.17, 15) is 9.59 Å². The molecule has 20 heavy (non-hydrogen) atoms. The third-order valence-electron chi connectivity index (χ3n) is 3.01. The number of anilines is 1. The molecule has 0 aliphatic heterocycles. The molecule has 1 unspecified atom stereocenters. The van der Waals surface area contributed by atoms with Gasteiger partial charge >= 0.3 is 5.97 Å². The van der Waals surface area contributed by atoms with Crippen molar-refractivity contribution in [1.29, 1.82) is 0 Å². The van der Waals surface area contributed by atoms with E-state index in [2.05, 4.69) is 10.3 Å². The summed E-state index contributed by atoms with van der Waals surface area (Å²) in [4.78, 5) is 25.2. The van der Waals surface area contributed by atoms with E-state index in [4.69, 9.17) is 9.84 Å². The average Bonchev–Trinajstić information content (AvgIpc) is 2.43. The van der Waals surface area contributed by atoms with Gasteiger partial charge in [-0.2, -0.15) is 0 Å². The lowest BCUT2D eigenvalue weighted by Crippen LogP contribution is -2.26. The molecule has 0 aliphatic carbocycles. The van der Waals surface area contributed by atoms with Crippen LogP contribution in [0.15, 0.2) is 35.1 Å². The summed E-state index contributed by atoms with van der Waals surface area (Å²) in [6.07, 6.45) is -0.552. The number of aromatic amines is 1. The number of pyridine rings is 1. The van der Waals surface area contributed by atoms with Crippen molar-refractivity contribution in [3.05, 3.63) is 40.7 Å². The van der Waals surface area contributed by atoms with E-state index in [1.165, 1.54) is 7.11 Å². The quantitative estimate of drug-likeness (QED) is 0.742. The van der Waals surface area contributed by atoms with Gasteiger partial charge in [-0.05, 0) is 17.5 Å². The molecule has 1 heterocycles. The third kappa shape index (κ3) is 3.36. The summed E-state index contributed by atoms with van der Waals surface area (Å²) < 4.78 is 5.07. The van der Waals surface area contributed by atoms with E-state index in [-0.39, 0.29) is 12.0 Å². The highest BCUT2D eigenvalue weighted by Gasteiger charge is 2.12. The number of H-pyrrole nitrogens is 1. The number of aliphatic carboxylic acids is 1. The van der Waals surface area contributed by atoms with Crippen molar-refractivity contribution >= 4 is 22.6 Å². The van der Waals surface area contributed by atoms with Gasteiger partial charge in [-0.15, -0.1) is 0 Å². The van der Waals surface area contributed by atoms with Crippen LogP contribution in [-0.4, -0.2) is 35.8 Å². The molecule has 0 saturated heterocycles. The van der Waals surface area contributed by atoms with Gasteiger partial charge in [0.15, 0.2) is 0 Å². The number of hydrogen-bond donors (Lipinski definition) is 3. The van der Waals surface area contributed by atoms with E-state index in [0.717, 1.165) is 5.39 Å². The molecule has 1 aromatic carbocycles. The van der Waals surface area contributed by atoms with Crippen LogP contribution < -0.4 is 10.9 Å². The van der Waals surface area contributed by atoms with Crippen LogP contribution in [0.1, 0.15) is 6.42 Å². The Bertz CT molecular complexity index is 666. The molecule has 1 atom stereocenters. The molecule has 6 nitrogen and oxygen atoms in total. The summed E-state index contributed by atoms with van der Waals surface area (Å²) >= 11 is 0. The van der Waals surface area contributed by atoms with Crippen molar-refractivity contribution in [2.24, 2.45) is 0 Å². The highest BCUT2D eigenvalue weighted by Crippen LogP contribution is 2.13. The highest BCUT2D eigenvalue weighted by atomic mass is 16.5. The number of methoxy groups -OCH3 is 1. The number of carboxylic acids is 1. The molecule has 2 rings (SSSR count). The van der Waals surface area contributed by atoms with Crippen LogP contribution >= 0.6 is 0 Å². The molecule has 0 saturated carbocycles. The van der Waals surface area contributed by atoms with Gasteiger partial charge < -0.3 is 20.1 Å². The summed E-state index contributed by atoms with van der Waals surface area (Å²) in [5.41, 5.74) is -0.183. The molecule has 106 valence electrons. The normalized spacial score (nSPS) is 12.2. The molecule has 1 aromatic heterocycles. The maximum absolute atomic E-state index is 11.9. The molecule has 6 heteroatoms. The number of carboxylic acid groups (broad SMARTS) is 1. The molecule has 0 spiro atoms. The van der Waals surface area contributed by atoms with E-state index in [1.54, 1.807) is 12.1 Å². The highest BCUT2D eigenvalue weighted by molar-refractivity contribution is 5.83. The lowest BCUT2D eigenvalue weighted by Gasteiger charge is -2.14. The van der Waals surface area contributed by atoms with Crippen LogP contribution in [0.2, 0.25) is 0 Å². The van der Waals surface area contributed by atoms with E-state index >= 15 is 0 Å². The maximum atomic E-state index is 11.9. The summed E-state index contributed by atoms with van der Waals surface area (Å²) in [6, 6.07) is 9.07. The maximum Gasteiger partial charge on any atom is 0.306 e. The summed E-state index contributed by atoms with van der Waals surface area (Å²) in [5.74, 6) is -0.383. The number of hydrogen-bond acceptors (Lipinski definition) is 4. The van der Waals surface area contributed by atoms with Crippen molar-refractivity contribution in [2.45, 2.75) is 12.5 Å². The first-order chi connectivity index (χ1) is 9.60. The minimum Gasteiger partial charge on any atom is -0.481 e. The van der Waals surface area contributed by atoms with Gasteiger partial charge in [0.1, 0.15) is 5.82 Å². The van der Waals surface area contributed by atoms with Crippen LogP contribution in [-0.2, 0) is 9.53 Å². The van der Waals surface area contributed by atoms with Gasteiger partial charge in [0, 0.05) is 19.0 Å².